The van der Waals surface area contributed by atoms with Gasteiger partial charge in [-0.2, -0.15) is 0 Å². The number of imidazole rings is 1. The van der Waals surface area contributed by atoms with Crippen LogP contribution in [-0.2, 0) is 12.8 Å². The van der Waals surface area contributed by atoms with Crippen molar-refractivity contribution < 1.29 is 9.13 Å². The average molecular weight is 448 g/mol. The molecular formula is C26H30FN5O. The van der Waals surface area contributed by atoms with Crippen LogP contribution in [0.1, 0.15) is 24.2 Å². The number of piperazine rings is 1. The molecule has 172 valence electrons. The molecule has 0 radical (unpaired) electrons. The first-order valence-electron chi connectivity index (χ1n) is 11.8. The van der Waals surface area contributed by atoms with Crippen LogP contribution in [0.15, 0.2) is 60.6 Å². The lowest BCUT2D eigenvalue weighted by Crippen LogP contribution is -2.43. The van der Waals surface area contributed by atoms with Crippen molar-refractivity contribution in [3.63, 3.8) is 0 Å². The van der Waals surface area contributed by atoms with Gasteiger partial charge in [0.1, 0.15) is 11.4 Å². The van der Waals surface area contributed by atoms with Crippen LogP contribution in [0.5, 0.6) is 5.75 Å². The van der Waals surface area contributed by atoms with Gasteiger partial charge in [-0.15, -0.1) is 0 Å². The predicted molar refractivity (Wildman–Crippen MR) is 127 cm³/mol. The zero-order valence-corrected chi connectivity index (χ0v) is 18.8. The summed E-state index contributed by atoms with van der Waals surface area (Å²) in [4.78, 5) is 11.9. The maximum atomic E-state index is 14.0. The van der Waals surface area contributed by atoms with Gasteiger partial charge in [-0.3, -0.25) is 9.55 Å². The van der Waals surface area contributed by atoms with Gasteiger partial charge in [0.2, 0.25) is 0 Å². The molecule has 33 heavy (non-hydrogen) atoms. The maximum Gasteiger partial charge on any atom is 0.163 e. The third-order valence-electron chi connectivity index (χ3n) is 6.26. The Morgan fingerprint density at radius 3 is 2.67 bits per heavy atom. The molecule has 0 spiro atoms. The Kier molecular flexibility index (Phi) is 6.79. The maximum absolute atomic E-state index is 14.0. The summed E-state index contributed by atoms with van der Waals surface area (Å²) < 4.78 is 22.1. The molecule has 0 unspecified atom stereocenters. The van der Waals surface area contributed by atoms with Gasteiger partial charge in [-0.25, -0.2) is 9.37 Å². The minimum Gasteiger partial charge on any atom is -0.494 e. The van der Waals surface area contributed by atoms with Crippen molar-refractivity contribution in [1.82, 2.24) is 24.8 Å². The average Bonchev–Trinajstić information content (AvgIpc) is 3.14. The molecular weight excluding hydrogens is 417 g/mol. The summed E-state index contributed by atoms with van der Waals surface area (Å²) in [6.07, 6.45) is 5.94. The third kappa shape index (κ3) is 5.15. The molecule has 2 aromatic heterocycles. The third-order valence-corrected chi connectivity index (χ3v) is 6.26. The molecule has 0 bridgehead atoms. The lowest BCUT2D eigenvalue weighted by Gasteiger charge is -2.26. The number of hydrogen-bond acceptors (Lipinski definition) is 5. The molecule has 1 aromatic carbocycles. The standard InChI is InChI=1S/C26H30FN5O/c27-20-5-11-23-25(12-6-20)32(26(30-23)24-4-1-2-13-29-24)21-7-9-22(10-8-21)33-19-3-16-31-17-14-28-15-18-31/h1-2,4-5,7-10,13,28H,3,6,11-12,14-19H2. The number of nitrogens with one attached hydrogen (secondary N) is 1. The summed E-state index contributed by atoms with van der Waals surface area (Å²) in [6, 6.07) is 13.9. The van der Waals surface area contributed by atoms with E-state index in [-0.39, 0.29) is 5.83 Å². The zero-order valence-electron chi connectivity index (χ0n) is 18.8. The molecule has 6 nitrogen and oxygen atoms in total. The van der Waals surface area contributed by atoms with Crippen LogP contribution in [0.25, 0.3) is 17.2 Å². The van der Waals surface area contributed by atoms with Crippen molar-refractivity contribution >= 4 is 0 Å². The lowest BCUT2D eigenvalue weighted by atomic mass is 10.2. The highest BCUT2D eigenvalue weighted by atomic mass is 19.1. The number of nitrogens with zero attached hydrogens (tertiary/aromatic N) is 4. The quantitative estimate of drug-likeness (QED) is 0.556. The molecule has 0 amide bonds. The number of pyridine rings is 1. The highest BCUT2D eigenvalue weighted by Crippen LogP contribution is 2.30. The topological polar surface area (TPSA) is 55.2 Å². The van der Waals surface area contributed by atoms with Crippen molar-refractivity contribution in [2.75, 3.05) is 39.3 Å². The molecule has 7 heteroatoms. The summed E-state index contributed by atoms with van der Waals surface area (Å²) in [5.41, 5.74) is 3.75. The molecule has 2 aliphatic rings. The minimum absolute atomic E-state index is 0.0662. The Hall–Kier alpha value is -3.03. The molecule has 0 atom stereocenters. The molecule has 1 fully saturated rings. The van der Waals surface area contributed by atoms with Gasteiger partial charge < -0.3 is 15.0 Å². The number of allylic oxidation sites excluding steroid dienone is 2. The first-order valence-corrected chi connectivity index (χ1v) is 11.8. The Labute approximate surface area is 194 Å². The monoisotopic (exact) mass is 447 g/mol. The van der Waals surface area contributed by atoms with Crippen molar-refractivity contribution in [3.05, 3.63) is 72.0 Å². The van der Waals surface area contributed by atoms with E-state index < -0.39 is 0 Å². The van der Waals surface area contributed by atoms with E-state index in [1.165, 1.54) is 0 Å². The lowest BCUT2D eigenvalue weighted by molar-refractivity contribution is 0.214. The van der Waals surface area contributed by atoms with Gasteiger partial charge >= 0.3 is 0 Å². The largest absolute Gasteiger partial charge is 0.494 e. The van der Waals surface area contributed by atoms with E-state index >= 15 is 0 Å². The summed E-state index contributed by atoms with van der Waals surface area (Å²) in [5, 5.41) is 3.38. The molecule has 5 rings (SSSR count). The van der Waals surface area contributed by atoms with Crippen LogP contribution in [0, 0.1) is 0 Å². The molecule has 1 aliphatic heterocycles. The molecule has 3 heterocycles. The number of hydrogen-bond donors (Lipinski definition) is 1. The Morgan fingerprint density at radius 2 is 1.88 bits per heavy atom. The van der Waals surface area contributed by atoms with Crippen LogP contribution >= 0.6 is 0 Å². The van der Waals surface area contributed by atoms with Gasteiger partial charge in [0, 0.05) is 63.1 Å². The molecule has 1 saturated heterocycles. The van der Waals surface area contributed by atoms with Crippen molar-refractivity contribution in [2.45, 2.75) is 25.7 Å². The fourth-order valence-corrected chi connectivity index (χ4v) is 4.52. The molecule has 3 aromatic rings. The summed E-state index contributed by atoms with van der Waals surface area (Å²) in [5.74, 6) is 1.59. The van der Waals surface area contributed by atoms with Crippen LogP contribution in [0.2, 0.25) is 0 Å². The van der Waals surface area contributed by atoms with E-state index in [1.54, 1.807) is 12.3 Å². The second kappa shape index (κ2) is 10.3. The fourth-order valence-electron chi connectivity index (χ4n) is 4.52. The van der Waals surface area contributed by atoms with Gasteiger partial charge in [0.25, 0.3) is 0 Å². The van der Waals surface area contributed by atoms with E-state index in [0.717, 1.165) is 73.5 Å². The van der Waals surface area contributed by atoms with Crippen molar-refractivity contribution in [2.24, 2.45) is 0 Å². The van der Waals surface area contributed by atoms with Gasteiger partial charge in [-0.1, -0.05) is 6.07 Å². The highest BCUT2D eigenvalue weighted by Gasteiger charge is 2.22. The molecule has 0 saturated carbocycles. The second-order valence-electron chi connectivity index (χ2n) is 8.52. The normalized spacial score (nSPS) is 16.7. The fraction of sp³-hybridized carbons (Fsp3) is 0.385. The van der Waals surface area contributed by atoms with Crippen molar-refractivity contribution in [3.8, 4) is 23.0 Å². The summed E-state index contributed by atoms with van der Waals surface area (Å²) in [7, 11) is 0. The van der Waals surface area contributed by atoms with Gasteiger partial charge in [0.15, 0.2) is 5.82 Å². The van der Waals surface area contributed by atoms with Gasteiger partial charge in [-0.05, 0) is 55.3 Å². The number of benzene rings is 1. The van der Waals surface area contributed by atoms with Crippen molar-refractivity contribution in [1.29, 1.82) is 0 Å². The summed E-state index contributed by atoms with van der Waals surface area (Å²) in [6.45, 7) is 6.14. The number of halogens is 1. The van der Waals surface area contributed by atoms with E-state index in [9.17, 15) is 4.39 Å². The second-order valence-corrected chi connectivity index (χ2v) is 8.52. The number of rotatable bonds is 7. The number of ether oxygens (including phenoxy) is 1. The predicted octanol–water partition coefficient (Wildman–Crippen LogP) is 3.95. The Balaban J connectivity index is 1.33. The van der Waals surface area contributed by atoms with E-state index in [1.807, 2.05) is 30.3 Å². The van der Waals surface area contributed by atoms with Crippen LogP contribution < -0.4 is 10.1 Å². The van der Waals surface area contributed by atoms with Crippen LogP contribution in [0.4, 0.5) is 4.39 Å². The SMILES string of the molecule is FC1=CCc2nc(-c3ccccn3)n(-c3ccc(OCCCN4CCNCC4)cc3)c2CC1. The van der Waals surface area contributed by atoms with E-state index in [2.05, 4.69) is 31.9 Å². The van der Waals surface area contributed by atoms with Crippen LogP contribution in [0.3, 0.4) is 0 Å². The first-order chi connectivity index (χ1) is 16.3. The summed E-state index contributed by atoms with van der Waals surface area (Å²) >= 11 is 0. The Morgan fingerprint density at radius 1 is 1.03 bits per heavy atom. The molecule has 1 aliphatic carbocycles. The van der Waals surface area contributed by atoms with E-state index in [0.29, 0.717) is 25.9 Å². The highest BCUT2D eigenvalue weighted by molar-refractivity contribution is 5.57. The Bertz CT molecular complexity index is 1090. The van der Waals surface area contributed by atoms with E-state index in [4.69, 9.17) is 9.72 Å². The molecule has 1 N–H and O–H groups in total. The number of aromatic nitrogens is 3. The smallest absolute Gasteiger partial charge is 0.163 e. The minimum atomic E-state index is -0.0662. The zero-order chi connectivity index (χ0) is 22.5. The van der Waals surface area contributed by atoms with Crippen LogP contribution in [-0.4, -0.2) is 58.8 Å². The number of fused-ring (bicyclic) bond motifs is 1. The van der Waals surface area contributed by atoms with Gasteiger partial charge in [0.05, 0.1) is 18.1 Å². The first kappa shape index (κ1) is 21.8.